The second-order valence-electron chi connectivity index (χ2n) is 8.69. The average Bonchev–Trinajstić information content (AvgIpc) is 3.37. The molecule has 1 saturated carbocycles. The number of hydrogen-bond donors (Lipinski definition) is 3. The lowest BCUT2D eigenvalue weighted by Crippen LogP contribution is -2.50. The summed E-state index contributed by atoms with van der Waals surface area (Å²) in [5.41, 5.74) is 5.89. The van der Waals surface area contributed by atoms with E-state index < -0.39 is 0 Å². The number of cyclic esters (lactones) is 1. The number of H-pyrrole nitrogens is 1. The van der Waals surface area contributed by atoms with Crippen molar-refractivity contribution in [3.63, 3.8) is 0 Å². The van der Waals surface area contributed by atoms with Gasteiger partial charge < -0.3 is 25.3 Å². The Morgan fingerprint density at radius 3 is 2.84 bits per heavy atom. The van der Waals surface area contributed by atoms with Crippen molar-refractivity contribution in [1.82, 2.24) is 25.2 Å². The number of amides is 2. The Hall–Kier alpha value is -3.62. The van der Waals surface area contributed by atoms with Gasteiger partial charge in [0.2, 0.25) is 0 Å². The Labute approximate surface area is 184 Å². The van der Waals surface area contributed by atoms with Crippen LogP contribution in [0.1, 0.15) is 34.6 Å². The van der Waals surface area contributed by atoms with Crippen molar-refractivity contribution in [2.24, 2.45) is 0 Å². The van der Waals surface area contributed by atoms with E-state index in [1.807, 2.05) is 36.1 Å². The number of carbonyl (C=O) groups is 2. The molecule has 4 heterocycles. The van der Waals surface area contributed by atoms with Gasteiger partial charge in [-0.25, -0.2) is 14.8 Å². The van der Waals surface area contributed by atoms with Crippen LogP contribution in [0.4, 0.5) is 10.6 Å². The first kappa shape index (κ1) is 19.1. The zero-order valence-corrected chi connectivity index (χ0v) is 17.8. The zero-order valence-electron chi connectivity index (χ0n) is 17.8. The first-order valence-electron chi connectivity index (χ1n) is 11.0. The van der Waals surface area contributed by atoms with E-state index in [0.717, 1.165) is 58.8 Å². The number of aromatic nitrogens is 3. The Morgan fingerprint density at radius 1 is 1.19 bits per heavy atom. The summed E-state index contributed by atoms with van der Waals surface area (Å²) in [6, 6.07) is 8.29. The highest BCUT2D eigenvalue weighted by atomic mass is 16.6. The van der Waals surface area contributed by atoms with E-state index in [9.17, 15) is 9.59 Å². The molecule has 164 valence electrons. The third-order valence-electron chi connectivity index (χ3n) is 6.65. The monoisotopic (exact) mass is 432 g/mol. The fraction of sp³-hybridized carbons (Fsp3) is 0.391. The van der Waals surface area contributed by atoms with Crippen LogP contribution in [-0.4, -0.2) is 63.6 Å². The molecular formula is C23H24N6O3. The molecule has 1 aliphatic carbocycles. The van der Waals surface area contributed by atoms with E-state index >= 15 is 0 Å². The molecule has 32 heavy (non-hydrogen) atoms. The highest BCUT2D eigenvalue weighted by molar-refractivity contribution is 5.99. The maximum Gasteiger partial charge on any atom is 0.410 e. The smallest absolute Gasteiger partial charge is 0.410 e. The van der Waals surface area contributed by atoms with Crippen LogP contribution in [0.3, 0.4) is 0 Å². The number of ether oxygens (including phenoxy) is 1. The van der Waals surface area contributed by atoms with Gasteiger partial charge in [-0.1, -0.05) is 12.1 Å². The van der Waals surface area contributed by atoms with Gasteiger partial charge in [-0.15, -0.1) is 0 Å². The first-order valence-corrected chi connectivity index (χ1v) is 11.0. The van der Waals surface area contributed by atoms with Gasteiger partial charge >= 0.3 is 6.09 Å². The third kappa shape index (κ3) is 3.07. The minimum absolute atomic E-state index is 0.0420. The largest absolute Gasteiger partial charge is 0.448 e. The maximum absolute atomic E-state index is 12.2. The molecule has 6 rings (SSSR count). The normalized spacial score (nSPS) is 22.3. The molecule has 0 radical (unpaired) electrons. The summed E-state index contributed by atoms with van der Waals surface area (Å²) in [5, 5.41) is 6.40. The minimum Gasteiger partial charge on any atom is -0.448 e. The van der Waals surface area contributed by atoms with Gasteiger partial charge in [0.05, 0.1) is 23.3 Å². The molecular weight excluding hydrogens is 408 g/mol. The van der Waals surface area contributed by atoms with Crippen molar-refractivity contribution >= 4 is 28.9 Å². The number of benzene rings is 1. The van der Waals surface area contributed by atoms with Crippen LogP contribution in [-0.2, 0) is 11.2 Å². The van der Waals surface area contributed by atoms with Gasteiger partial charge in [-0.2, -0.15) is 0 Å². The van der Waals surface area contributed by atoms with Crippen LogP contribution >= 0.6 is 0 Å². The van der Waals surface area contributed by atoms with Gasteiger partial charge in [-0.05, 0) is 31.9 Å². The number of aryl methyl sites for hydroxylation is 1. The van der Waals surface area contributed by atoms with E-state index in [-0.39, 0.29) is 24.1 Å². The lowest BCUT2D eigenvalue weighted by Gasteiger charge is -2.40. The predicted molar refractivity (Wildman–Crippen MR) is 119 cm³/mol. The van der Waals surface area contributed by atoms with Crippen LogP contribution in [0.25, 0.3) is 22.3 Å². The first-order chi connectivity index (χ1) is 15.6. The number of aromatic amines is 1. The van der Waals surface area contributed by atoms with Gasteiger partial charge in [0.15, 0.2) is 0 Å². The van der Waals surface area contributed by atoms with Crippen molar-refractivity contribution in [3.8, 4) is 11.3 Å². The fourth-order valence-electron chi connectivity index (χ4n) is 4.85. The number of carbonyl (C=O) groups excluding carboxylic acids is 2. The molecule has 9 nitrogen and oxygen atoms in total. The van der Waals surface area contributed by atoms with Crippen molar-refractivity contribution < 1.29 is 14.3 Å². The Bertz CT molecular complexity index is 1250. The molecule has 2 amide bonds. The molecule has 2 fully saturated rings. The van der Waals surface area contributed by atoms with Crippen molar-refractivity contribution in [1.29, 1.82) is 0 Å². The molecule has 9 heteroatoms. The number of nitrogens with zero attached hydrogens (tertiary/aromatic N) is 3. The quantitative estimate of drug-likeness (QED) is 0.584. The molecule has 3 aliphatic rings. The van der Waals surface area contributed by atoms with E-state index in [1.54, 1.807) is 0 Å². The van der Waals surface area contributed by atoms with Gasteiger partial charge in [-0.3, -0.25) is 4.79 Å². The summed E-state index contributed by atoms with van der Waals surface area (Å²) in [6.45, 7) is 3.75. The molecule has 0 atom stereocenters. The Balaban J connectivity index is 1.29. The number of para-hydroxylation sites is 1. The van der Waals surface area contributed by atoms with Gasteiger partial charge in [0.25, 0.3) is 5.91 Å². The summed E-state index contributed by atoms with van der Waals surface area (Å²) in [7, 11) is 0. The van der Waals surface area contributed by atoms with Crippen LogP contribution < -0.4 is 10.6 Å². The third-order valence-corrected chi connectivity index (χ3v) is 6.65. The molecule has 2 aromatic heterocycles. The highest BCUT2D eigenvalue weighted by Gasteiger charge is 2.39. The van der Waals surface area contributed by atoms with E-state index in [1.165, 1.54) is 0 Å². The van der Waals surface area contributed by atoms with E-state index in [2.05, 4.69) is 15.6 Å². The molecule has 3 N–H and O–H groups in total. The van der Waals surface area contributed by atoms with Crippen molar-refractivity contribution in [3.05, 3.63) is 41.2 Å². The van der Waals surface area contributed by atoms with Gasteiger partial charge in [0.1, 0.15) is 17.9 Å². The van der Waals surface area contributed by atoms with Gasteiger partial charge in [0, 0.05) is 42.0 Å². The molecule has 1 saturated heterocycles. The number of nitrogens with one attached hydrogen (secondary N) is 3. The SMILES string of the molecule is Cc1nc2cccc(-c3cc4c([nH]3)CCNC4=O)c2nc1NC1CC(N2CCOC2=O)C1. The average molecular weight is 432 g/mol. The summed E-state index contributed by atoms with van der Waals surface area (Å²) in [5.74, 6) is 0.714. The molecule has 2 aliphatic heterocycles. The second kappa shape index (κ2) is 7.22. The number of hydrogen-bond acceptors (Lipinski definition) is 6. The van der Waals surface area contributed by atoms with E-state index in [0.29, 0.717) is 25.3 Å². The zero-order chi connectivity index (χ0) is 21.8. The molecule has 3 aromatic rings. The summed E-state index contributed by atoms with van der Waals surface area (Å²) in [6.07, 6.45) is 2.32. The molecule has 1 aromatic carbocycles. The summed E-state index contributed by atoms with van der Waals surface area (Å²) < 4.78 is 5.05. The van der Waals surface area contributed by atoms with Crippen molar-refractivity contribution in [2.45, 2.75) is 38.3 Å². The number of rotatable bonds is 4. The topological polar surface area (TPSA) is 112 Å². The van der Waals surface area contributed by atoms with Crippen LogP contribution in [0, 0.1) is 6.92 Å². The second-order valence-corrected chi connectivity index (χ2v) is 8.69. The van der Waals surface area contributed by atoms with Crippen molar-refractivity contribution in [2.75, 3.05) is 25.0 Å². The maximum atomic E-state index is 12.2. The lowest BCUT2D eigenvalue weighted by atomic mass is 9.85. The Morgan fingerprint density at radius 2 is 2.06 bits per heavy atom. The standard InChI is InChI=1S/C23H24N6O3/c1-12-21(26-13-9-14(10-13)29-7-8-32-23(29)31)28-20-15(3-2-4-18(20)25-12)19-11-16-17(27-19)5-6-24-22(16)30/h2-4,11,13-14,27H,5-10H2,1H3,(H,24,30)(H,26,28). The van der Waals surface area contributed by atoms with Crippen LogP contribution in [0.5, 0.6) is 0 Å². The number of fused-ring (bicyclic) bond motifs is 2. The predicted octanol–water partition coefficient (Wildman–Crippen LogP) is 2.61. The Kier molecular flexibility index (Phi) is 4.31. The summed E-state index contributed by atoms with van der Waals surface area (Å²) in [4.78, 5) is 38.9. The number of anilines is 1. The lowest BCUT2D eigenvalue weighted by molar-refractivity contribution is 0.0945. The molecule has 0 spiro atoms. The van der Waals surface area contributed by atoms with Crippen LogP contribution in [0.2, 0.25) is 0 Å². The molecule has 0 bridgehead atoms. The molecule has 0 unspecified atom stereocenters. The van der Waals surface area contributed by atoms with Crippen LogP contribution in [0.15, 0.2) is 24.3 Å². The fourth-order valence-corrected chi connectivity index (χ4v) is 4.85. The highest BCUT2D eigenvalue weighted by Crippen LogP contribution is 2.33. The summed E-state index contributed by atoms with van der Waals surface area (Å²) >= 11 is 0. The van der Waals surface area contributed by atoms with E-state index in [4.69, 9.17) is 14.7 Å². The minimum atomic E-state index is -0.206.